The van der Waals surface area contributed by atoms with Crippen molar-refractivity contribution in [3.63, 3.8) is 0 Å². The Hall–Kier alpha value is -2.92. The summed E-state index contributed by atoms with van der Waals surface area (Å²) in [6.07, 6.45) is 5.75. The van der Waals surface area contributed by atoms with Crippen molar-refractivity contribution in [1.82, 2.24) is 4.98 Å². The predicted molar refractivity (Wildman–Crippen MR) is 98.7 cm³/mol. The average molecular weight is 336 g/mol. The largest absolute Gasteiger partial charge is 0.465 e. The average Bonchev–Trinajstić information content (AvgIpc) is 3.10. The topological polar surface area (TPSA) is 65.2 Å². The van der Waals surface area contributed by atoms with Gasteiger partial charge in [0.25, 0.3) is 0 Å². The second kappa shape index (κ2) is 7.10. The Kier molecular flexibility index (Phi) is 4.72. The van der Waals surface area contributed by atoms with Crippen LogP contribution in [0.1, 0.15) is 20.8 Å². The molecule has 3 aromatic rings. The first kappa shape index (κ1) is 16.0. The molecule has 0 aliphatic heterocycles. The molecule has 2 aromatic heterocycles. The van der Waals surface area contributed by atoms with E-state index in [0.717, 1.165) is 16.0 Å². The molecule has 0 saturated carbocycles. The highest BCUT2D eigenvalue weighted by Gasteiger charge is 2.13. The first-order valence-corrected chi connectivity index (χ1v) is 8.16. The summed E-state index contributed by atoms with van der Waals surface area (Å²) in [5.41, 5.74) is 9.41. The lowest BCUT2D eigenvalue weighted by Gasteiger charge is -2.03. The van der Waals surface area contributed by atoms with Gasteiger partial charge in [0.1, 0.15) is 10.6 Å². The number of ether oxygens (including phenoxy) is 1. The zero-order valence-corrected chi connectivity index (χ0v) is 13.9. The fraction of sp³-hybridized carbons (Fsp3) is 0.0526. The van der Waals surface area contributed by atoms with Gasteiger partial charge in [0.2, 0.25) is 0 Å². The Morgan fingerprint density at radius 3 is 2.58 bits per heavy atom. The lowest BCUT2D eigenvalue weighted by Crippen LogP contribution is -1.96. The molecular weight excluding hydrogens is 320 g/mol. The summed E-state index contributed by atoms with van der Waals surface area (Å²) in [6, 6.07) is 15.4. The number of nitrogens with two attached hydrogens (primary N) is 1. The van der Waals surface area contributed by atoms with Crippen molar-refractivity contribution in [3.05, 3.63) is 70.7 Å². The summed E-state index contributed by atoms with van der Waals surface area (Å²) in [5.74, 6) is -0.354. The summed E-state index contributed by atoms with van der Waals surface area (Å²) in [5, 5.41) is 0. The number of hydrogen-bond donors (Lipinski definition) is 1. The minimum Gasteiger partial charge on any atom is -0.465 e. The van der Waals surface area contributed by atoms with Gasteiger partial charge in [0.15, 0.2) is 0 Å². The lowest BCUT2D eigenvalue weighted by atomic mass is 10.1. The molecular formula is C19H16N2O2S. The molecule has 3 rings (SSSR count). The van der Waals surface area contributed by atoms with Crippen molar-refractivity contribution < 1.29 is 9.53 Å². The lowest BCUT2D eigenvalue weighted by molar-refractivity contribution is 0.0606. The van der Waals surface area contributed by atoms with Crippen molar-refractivity contribution >= 4 is 35.1 Å². The number of benzene rings is 1. The highest BCUT2D eigenvalue weighted by atomic mass is 32.1. The van der Waals surface area contributed by atoms with Crippen molar-refractivity contribution in [2.75, 3.05) is 12.8 Å². The smallest absolute Gasteiger partial charge is 0.348 e. The summed E-state index contributed by atoms with van der Waals surface area (Å²) < 4.78 is 4.72. The van der Waals surface area contributed by atoms with Gasteiger partial charge in [-0.1, -0.05) is 42.5 Å². The van der Waals surface area contributed by atoms with E-state index in [2.05, 4.69) is 4.98 Å². The predicted octanol–water partition coefficient (Wildman–Crippen LogP) is 4.35. The normalized spacial score (nSPS) is 10.9. The molecule has 0 radical (unpaired) electrons. The summed E-state index contributed by atoms with van der Waals surface area (Å²) >= 11 is 1.31. The zero-order chi connectivity index (χ0) is 16.9. The minimum absolute atomic E-state index is 0.354. The molecule has 5 heteroatoms. The van der Waals surface area contributed by atoms with Crippen LogP contribution in [-0.2, 0) is 4.74 Å². The Labute approximate surface area is 144 Å². The third-order valence-corrected chi connectivity index (χ3v) is 4.50. The van der Waals surface area contributed by atoms with Gasteiger partial charge in [-0.2, -0.15) is 0 Å². The zero-order valence-electron chi connectivity index (χ0n) is 13.1. The number of carbonyl (C=O) groups excluding carboxylic acids is 1. The Morgan fingerprint density at radius 1 is 1.12 bits per heavy atom. The number of anilines is 1. The quantitative estimate of drug-likeness (QED) is 0.719. The number of esters is 1. The SMILES string of the molecule is COC(=O)c1ccc(-c2ncc(C=Cc3ccccc3)cc2N)s1. The molecule has 2 N–H and O–H groups in total. The van der Waals surface area contributed by atoms with Crippen LogP contribution in [0.2, 0.25) is 0 Å². The molecule has 4 nitrogen and oxygen atoms in total. The standard InChI is InChI=1S/C19H16N2O2S/c1-23-19(22)17-10-9-16(24-17)18-15(20)11-14(12-21-18)8-7-13-5-3-2-4-6-13/h2-12H,20H2,1H3. The molecule has 0 unspecified atom stereocenters. The molecule has 0 aliphatic carbocycles. The van der Waals surface area contributed by atoms with E-state index in [1.54, 1.807) is 12.3 Å². The Bertz CT molecular complexity index is 885. The number of pyridine rings is 1. The van der Waals surface area contributed by atoms with Crippen molar-refractivity contribution in [2.45, 2.75) is 0 Å². The number of methoxy groups -OCH3 is 1. The molecule has 24 heavy (non-hydrogen) atoms. The number of nitrogen functional groups attached to an aromatic ring is 1. The van der Waals surface area contributed by atoms with Crippen LogP contribution < -0.4 is 5.73 Å². The van der Waals surface area contributed by atoms with Gasteiger partial charge in [-0.15, -0.1) is 11.3 Å². The van der Waals surface area contributed by atoms with Gasteiger partial charge in [-0.3, -0.25) is 4.98 Å². The van der Waals surface area contributed by atoms with Crippen molar-refractivity contribution in [3.8, 4) is 10.6 Å². The van der Waals surface area contributed by atoms with E-state index in [4.69, 9.17) is 10.5 Å². The molecule has 1 aromatic carbocycles. The summed E-state index contributed by atoms with van der Waals surface area (Å²) in [4.78, 5) is 17.4. The van der Waals surface area contributed by atoms with Crippen molar-refractivity contribution in [2.24, 2.45) is 0 Å². The van der Waals surface area contributed by atoms with Gasteiger partial charge in [-0.25, -0.2) is 4.79 Å². The molecule has 0 amide bonds. The van der Waals surface area contributed by atoms with Crippen LogP contribution in [0.25, 0.3) is 22.7 Å². The van der Waals surface area contributed by atoms with Crippen LogP contribution >= 0.6 is 11.3 Å². The molecule has 0 saturated heterocycles. The first-order chi connectivity index (χ1) is 11.7. The van der Waals surface area contributed by atoms with Crippen LogP contribution in [0.5, 0.6) is 0 Å². The fourth-order valence-corrected chi connectivity index (χ4v) is 3.17. The maximum atomic E-state index is 11.5. The monoisotopic (exact) mass is 336 g/mol. The van der Waals surface area contributed by atoms with Crippen LogP contribution in [-0.4, -0.2) is 18.1 Å². The van der Waals surface area contributed by atoms with Crippen molar-refractivity contribution in [1.29, 1.82) is 0 Å². The van der Waals surface area contributed by atoms with Gasteiger partial charge < -0.3 is 10.5 Å². The number of rotatable bonds is 4. The Balaban J connectivity index is 1.83. The first-order valence-electron chi connectivity index (χ1n) is 7.34. The summed E-state index contributed by atoms with van der Waals surface area (Å²) in [6.45, 7) is 0. The van der Waals surface area contributed by atoms with Crippen LogP contribution in [0.15, 0.2) is 54.7 Å². The fourth-order valence-electron chi connectivity index (χ4n) is 2.23. The number of nitrogens with zero attached hydrogens (tertiary/aromatic N) is 1. The van der Waals surface area contributed by atoms with Gasteiger partial charge in [-0.05, 0) is 29.3 Å². The number of aromatic nitrogens is 1. The molecule has 0 spiro atoms. The molecule has 0 atom stereocenters. The van der Waals surface area contributed by atoms with E-state index in [1.165, 1.54) is 18.4 Å². The third-order valence-electron chi connectivity index (χ3n) is 3.43. The van der Waals surface area contributed by atoms with Crippen LogP contribution in [0.3, 0.4) is 0 Å². The third kappa shape index (κ3) is 3.52. The molecule has 0 fully saturated rings. The molecule has 120 valence electrons. The molecule has 0 bridgehead atoms. The van der Waals surface area contributed by atoms with E-state index < -0.39 is 0 Å². The highest BCUT2D eigenvalue weighted by Crippen LogP contribution is 2.31. The minimum atomic E-state index is -0.354. The van der Waals surface area contributed by atoms with Gasteiger partial charge in [0.05, 0.1) is 17.7 Å². The van der Waals surface area contributed by atoms with E-state index in [0.29, 0.717) is 16.3 Å². The molecule has 0 aliphatic rings. The van der Waals surface area contributed by atoms with E-state index in [9.17, 15) is 4.79 Å². The highest BCUT2D eigenvalue weighted by molar-refractivity contribution is 7.17. The maximum Gasteiger partial charge on any atom is 0.348 e. The van der Waals surface area contributed by atoms with E-state index in [-0.39, 0.29) is 5.97 Å². The van der Waals surface area contributed by atoms with Crippen LogP contribution in [0.4, 0.5) is 5.69 Å². The van der Waals surface area contributed by atoms with E-state index >= 15 is 0 Å². The van der Waals surface area contributed by atoms with Gasteiger partial charge in [0, 0.05) is 6.20 Å². The maximum absolute atomic E-state index is 11.5. The number of thiophene rings is 1. The Morgan fingerprint density at radius 2 is 1.88 bits per heavy atom. The van der Waals surface area contributed by atoms with E-state index in [1.807, 2.05) is 54.6 Å². The second-order valence-corrected chi connectivity index (χ2v) is 6.19. The van der Waals surface area contributed by atoms with Gasteiger partial charge >= 0.3 is 5.97 Å². The summed E-state index contributed by atoms with van der Waals surface area (Å²) in [7, 11) is 1.36. The van der Waals surface area contributed by atoms with Crippen LogP contribution in [0, 0.1) is 0 Å². The number of hydrogen-bond acceptors (Lipinski definition) is 5. The molecule has 2 heterocycles. The second-order valence-electron chi connectivity index (χ2n) is 5.11. The number of carbonyl (C=O) groups is 1.